The average molecular weight is 663 g/mol. The highest BCUT2D eigenvalue weighted by Crippen LogP contribution is 2.24. The molecule has 0 bridgehead atoms. The molecule has 43 heavy (non-hydrogen) atoms. The van der Waals surface area contributed by atoms with E-state index in [0.717, 1.165) is 13.1 Å². The van der Waals surface area contributed by atoms with Gasteiger partial charge < -0.3 is 10.6 Å². The fraction of sp³-hybridized carbons (Fsp3) is 0.316. The number of nitrogens with two attached hydrogens (primary N) is 1. The summed E-state index contributed by atoms with van der Waals surface area (Å²) < 4.78 is 1.19. The van der Waals surface area contributed by atoms with Gasteiger partial charge in [-0.3, -0.25) is 5.14 Å². The van der Waals surface area contributed by atoms with Gasteiger partial charge in [-0.1, -0.05) is 140 Å². The van der Waals surface area contributed by atoms with Crippen LogP contribution in [0.5, 0.6) is 0 Å². The number of rotatable bonds is 3. The van der Waals surface area contributed by atoms with Gasteiger partial charge >= 0.3 is 0 Å². The van der Waals surface area contributed by atoms with Crippen molar-refractivity contribution in [2.24, 2.45) is 5.14 Å². The quantitative estimate of drug-likeness (QED) is 0.211. The highest BCUT2D eigenvalue weighted by molar-refractivity contribution is 9.11. The molecule has 232 valence electrons. The fourth-order valence-electron chi connectivity index (χ4n) is 4.42. The van der Waals surface area contributed by atoms with Crippen molar-refractivity contribution in [1.82, 2.24) is 10.6 Å². The molecule has 3 aromatic rings. The summed E-state index contributed by atoms with van der Waals surface area (Å²) in [5, 5.41) is 11.1. The van der Waals surface area contributed by atoms with E-state index < -0.39 is 0 Å². The van der Waals surface area contributed by atoms with Crippen molar-refractivity contribution in [3.05, 3.63) is 134 Å². The Bertz CT molecular complexity index is 1370. The molecule has 0 saturated carbocycles. The van der Waals surface area contributed by atoms with Crippen LogP contribution in [-0.2, 0) is 0 Å². The lowest BCUT2D eigenvalue weighted by atomic mass is 9.98. The van der Waals surface area contributed by atoms with E-state index in [9.17, 15) is 0 Å². The zero-order valence-electron chi connectivity index (χ0n) is 27.4. The molecule has 3 aromatic carbocycles. The van der Waals surface area contributed by atoms with Gasteiger partial charge in [-0.05, 0) is 68.2 Å². The van der Waals surface area contributed by atoms with Crippen molar-refractivity contribution in [2.45, 2.75) is 68.2 Å². The van der Waals surface area contributed by atoms with Crippen LogP contribution in [0.2, 0.25) is 0 Å². The van der Waals surface area contributed by atoms with Crippen molar-refractivity contribution in [1.29, 1.82) is 0 Å². The summed E-state index contributed by atoms with van der Waals surface area (Å²) in [5.74, 6) is 0. The molecular formula is C38H52BrN3S. The lowest BCUT2D eigenvalue weighted by Crippen LogP contribution is -2.18. The van der Waals surface area contributed by atoms with Gasteiger partial charge in [-0.15, -0.1) is 12.8 Å². The molecule has 4 N–H and O–H groups in total. The van der Waals surface area contributed by atoms with Crippen molar-refractivity contribution in [3.8, 4) is 0 Å². The molecule has 2 heterocycles. The highest BCUT2D eigenvalue weighted by atomic mass is 79.9. The van der Waals surface area contributed by atoms with E-state index in [4.69, 9.17) is 0 Å². The van der Waals surface area contributed by atoms with E-state index >= 15 is 0 Å². The standard InChI is InChI=1S/C19H19N.C13H14BrN.2C3H8.H3NS/c1-14-8-10-18(15(2)12-14)19-11-9-17(13-20-19)16-6-4-3-5-7-16;1-9-3-5-12(10(2)7-9)13-6-4-11(14)8-15-13;2*1-3-2;1-2/h3-12,20H,13H2,1-2H3;3-7,15H,8H2,1-2H3;2*3H2,1-2H3;2H,1H2. The Labute approximate surface area is 276 Å². The highest BCUT2D eigenvalue weighted by Gasteiger charge is 2.11. The maximum atomic E-state index is 4.19. The van der Waals surface area contributed by atoms with Crippen LogP contribution in [0, 0.1) is 27.7 Å². The lowest BCUT2D eigenvalue weighted by molar-refractivity contribution is 0.984. The van der Waals surface area contributed by atoms with Crippen molar-refractivity contribution >= 4 is 45.7 Å². The first-order valence-electron chi connectivity index (χ1n) is 15.1. The van der Waals surface area contributed by atoms with Crippen molar-refractivity contribution in [2.75, 3.05) is 13.1 Å². The molecule has 0 spiro atoms. The second-order valence-corrected chi connectivity index (χ2v) is 11.6. The molecule has 0 aliphatic carbocycles. The molecule has 5 heteroatoms. The monoisotopic (exact) mass is 661 g/mol. The van der Waals surface area contributed by atoms with E-state index in [1.165, 1.54) is 73.2 Å². The summed E-state index contributed by atoms with van der Waals surface area (Å²) in [6, 6.07) is 23.7. The summed E-state index contributed by atoms with van der Waals surface area (Å²) in [4.78, 5) is 0. The summed E-state index contributed by atoms with van der Waals surface area (Å²) in [7, 11) is 0. The van der Waals surface area contributed by atoms with Gasteiger partial charge in [0.1, 0.15) is 0 Å². The van der Waals surface area contributed by atoms with Gasteiger partial charge in [0.25, 0.3) is 0 Å². The summed E-state index contributed by atoms with van der Waals surface area (Å²) in [6.45, 7) is 18.8. The normalized spacial score (nSPS) is 13.0. The molecule has 0 radical (unpaired) electrons. The molecule has 2 aliphatic rings. The molecule has 5 rings (SSSR count). The van der Waals surface area contributed by atoms with Crippen LogP contribution in [-0.4, -0.2) is 13.1 Å². The number of hydrogen-bond acceptors (Lipinski definition) is 4. The average Bonchev–Trinajstić information content (AvgIpc) is 3.01. The molecule has 0 atom stereocenters. The minimum absolute atomic E-state index is 0.874. The number of allylic oxidation sites excluding steroid dienone is 4. The minimum atomic E-state index is 0.874. The molecule has 0 unspecified atom stereocenters. The zero-order chi connectivity index (χ0) is 32.2. The Balaban J connectivity index is 0.000000355. The summed E-state index contributed by atoms with van der Waals surface area (Å²) >= 11 is 6.50. The number of hydrogen-bond donors (Lipinski definition) is 4. The molecular weight excluding hydrogens is 610 g/mol. The third-order valence-electron chi connectivity index (χ3n) is 6.29. The van der Waals surface area contributed by atoms with E-state index in [2.05, 4.69) is 191 Å². The maximum absolute atomic E-state index is 4.19. The van der Waals surface area contributed by atoms with E-state index in [-0.39, 0.29) is 0 Å². The number of nitrogens with one attached hydrogen (secondary N) is 2. The van der Waals surface area contributed by atoms with E-state index in [1.54, 1.807) is 0 Å². The predicted molar refractivity (Wildman–Crippen MR) is 200 cm³/mol. The second-order valence-electron chi connectivity index (χ2n) is 10.6. The first kappa shape index (κ1) is 38.0. The van der Waals surface area contributed by atoms with E-state index in [0.29, 0.717) is 0 Å². The van der Waals surface area contributed by atoms with Crippen molar-refractivity contribution < 1.29 is 0 Å². The molecule has 3 nitrogen and oxygen atoms in total. The van der Waals surface area contributed by atoms with Gasteiger partial charge in [0.15, 0.2) is 0 Å². The SMILES string of the molecule is CCC.CCC.Cc1ccc(C2=CC=C(Br)CN2)c(C)c1.Cc1ccc(C2=CC=C(c3ccccc3)CN2)c(C)c1.NS. The third-order valence-corrected chi connectivity index (χ3v) is 6.83. The zero-order valence-corrected chi connectivity index (χ0v) is 29.9. The molecule has 2 aliphatic heterocycles. The Hall–Kier alpha value is -2.99. The Morgan fingerprint density at radius 2 is 1.07 bits per heavy atom. The number of thiol groups is 1. The van der Waals surface area contributed by atoms with Gasteiger partial charge in [-0.25, -0.2) is 0 Å². The van der Waals surface area contributed by atoms with Gasteiger partial charge in [0, 0.05) is 40.1 Å². The smallest absolute Gasteiger partial charge is 0.0466 e. The first-order valence-corrected chi connectivity index (χ1v) is 16.5. The van der Waals surface area contributed by atoms with Crippen LogP contribution < -0.4 is 15.8 Å². The summed E-state index contributed by atoms with van der Waals surface area (Å²) in [5.41, 5.74) is 12.9. The minimum Gasteiger partial charge on any atom is -0.380 e. The van der Waals surface area contributed by atoms with Crippen LogP contribution in [0.15, 0.2) is 95.5 Å². The Morgan fingerprint density at radius 3 is 1.44 bits per heavy atom. The lowest BCUT2D eigenvalue weighted by Gasteiger charge is -2.19. The van der Waals surface area contributed by atoms with Crippen LogP contribution in [0.1, 0.15) is 79.5 Å². The van der Waals surface area contributed by atoms with Crippen LogP contribution in [0.3, 0.4) is 0 Å². The third kappa shape index (κ3) is 13.5. The largest absolute Gasteiger partial charge is 0.380 e. The van der Waals surface area contributed by atoms with E-state index in [1.807, 2.05) is 0 Å². The van der Waals surface area contributed by atoms with Gasteiger partial charge in [0.2, 0.25) is 0 Å². The molecule has 0 aromatic heterocycles. The number of dihydropyridines is 2. The number of halogens is 1. The van der Waals surface area contributed by atoms with Crippen LogP contribution >= 0.6 is 28.7 Å². The number of aryl methyl sites for hydroxylation is 4. The van der Waals surface area contributed by atoms with Crippen LogP contribution in [0.4, 0.5) is 0 Å². The molecule has 0 saturated heterocycles. The van der Waals surface area contributed by atoms with Gasteiger partial charge in [-0.2, -0.15) is 0 Å². The summed E-state index contributed by atoms with van der Waals surface area (Å²) in [6.07, 6.45) is 11.1. The van der Waals surface area contributed by atoms with Gasteiger partial charge in [0.05, 0.1) is 0 Å². The Kier molecular flexibility index (Phi) is 19.2. The Morgan fingerprint density at radius 1 is 0.628 bits per heavy atom. The predicted octanol–water partition coefficient (Wildman–Crippen LogP) is 10.5. The second kappa shape index (κ2) is 21.7. The first-order chi connectivity index (χ1) is 20.7. The van der Waals surface area contributed by atoms with Crippen molar-refractivity contribution in [3.63, 3.8) is 0 Å². The fourth-order valence-corrected chi connectivity index (χ4v) is 4.69. The topological polar surface area (TPSA) is 50.1 Å². The maximum Gasteiger partial charge on any atom is 0.0466 e. The van der Waals surface area contributed by atoms with Crippen LogP contribution in [0.25, 0.3) is 17.0 Å². The number of benzene rings is 3. The molecule has 0 amide bonds. The molecule has 0 fully saturated rings.